The number of ketones is 1. The van der Waals surface area contributed by atoms with Crippen LogP contribution in [0.2, 0.25) is 0 Å². The number of hydrogen-bond acceptors (Lipinski definition) is 6. The Hall–Kier alpha value is -3.13. The van der Waals surface area contributed by atoms with Crippen LogP contribution in [-0.4, -0.2) is 35.8 Å². The third-order valence-electron chi connectivity index (χ3n) is 4.45. The molecule has 1 N–H and O–H groups in total. The second kappa shape index (κ2) is 7.47. The molecule has 0 radical (unpaired) electrons. The highest BCUT2D eigenvalue weighted by atomic mass is 32.2. The molecule has 0 aliphatic carbocycles. The maximum absolute atomic E-state index is 12.8. The Balaban J connectivity index is 1.75. The van der Waals surface area contributed by atoms with Gasteiger partial charge in [-0.25, -0.2) is 0 Å². The van der Waals surface area contributed by atoms with Crippen molar-refractivity contribution in [2.45, 2.75) is 25.0 Å². The van der Waals surface area contributed by atoms with Gasteiger partial charge in [-0.3, -0.25) is 18.6 Å². The van der Waals surface area contributed by atoms with Crippen molar-refractivity contribution in [3.8, 4) is 5.75 Å². The lowest BCUT2D eigenvalue weighted by Crippen LogP contribution is -2.23. The molecular formula is C20H18N4O3S. The van der Waals surface area contributed by atoms with Crippen molar-refractivity contribution in [3.05, 3.63) is 64.4 Å². The summed E-state index contributed by atoms with van der Waals surface area (Å²) >= 11 is 1.27. The molecule has 2 aromatic heterocycles. The zero-order valence-electron chi connectivity index (χ0n) is 15.2. The highest BCUT2D eigenvalue weighted by Crippen LogP contribution is 2.23. The number of aryl methyl sites for hydroxylation is 1. The minimum atomic E-state index is -0.0888. The molecule has 2 aromatic carbocycles. The van der Waals surface area contributed by atoms with Gasteiger partial charge in [-0.1, -0.05) is 30.8 Å². The monoisotopic (exact) mass is 394 g/mol. The smallest absolute Gasteiger partial charge is 0.262 e. The van der Waals surface area contributed by atoms with E-state index in [-0.39, 0.29) is 22.8 Å². The van der Waals surface area contributed by atoms with E-state index in [2.05, 4.69) is 10.2 Å². The summed E-state index contributed by atoms with van der Waals surface area (Å²) in [6.45, 7) is 2.54. The van der Waals surface area contributed by atoms with Crippen molar-refractivity contribution >= 4 is 34.2 Å². The second-order valence-corrected chi connectivity index (χ2v) is 7.29. The minimum absolute atomic E-state index is 0.0760. The zero-order chi connectivity index (χ0) is 19.7. The van der Waals surface area contributed by atoms with Crippen LogP contribution in [0, 0.1) is 0 Å². The van der Waals surface area contributed by atoms with Crippen LogP contribution in [-0.2, 0) is 6.54 Å². The van der Waals surface area contributed by atoms with E-state index in [1.807, 2.05) is 29.5 Å². The van der Waals surface area contributed by atoms with Crippen LogP contribution in [0.15, 0.2) is 58.5 Å². The average Bonchev–Trinajstić information content (AvgIpc) is 3.14. The van der Waals surface area contributed by atoms with Crippen LogP contribution in [0.5, 0.6) is 5.75 Å². The van der Waals surface area contributed by atoms with Gasteiger partial charge in [-0.2, -0.15) is 0 Å². The first-order chi connectivity index (χ1) is 13.6. The molecule has 4 aromatic rings. The molecule has 0 spiro atoms. The van der Waals surface area contributed by atoms with E-state index in [0.29, 0.717) is 28.4 Å². The summed E-state index contributed by atoms with van der Waals surface area (Å²) in [6, 6.07) is 13.5. The number of aromatic nitrogens is 4. The molecule has 0 saturated carbocycles. The van der Waals surface area contributed by atoms with Gasteiger partial charge in [0.15, 0.2) is 10.9 Å². The van der Waals surface area contributed by atoms with E-state index in [1.165, 1.54) is 23.9 Å². The fourth-order valence-corrected chi connectivity index (χ4v) is 3.95. The van der Waals surface area contributed by atoms with Gasteiger partial charge in [-0.15, -0.1) is 10.2 Å². The Morgan fingerprint density at radius 1 is 1.11 bits per heavy atom. The summed E-state index contributed by atoms with van der Waals surface area (Å²) in [5.41, 5.74) is 1.15. The van der Waals surface area contributed by atoms with Crippen LogP contribution in [0.25, 0.3) is 16.7 Å². The molecule has 0 bridgehead atoms. The van der Waals surface area contributed by atoms with Gasteiger partial charge in [0.05, 0.1) is 16.7 Å². The number of phenols is 1. The lowest BCUT2D eigenvalue weighted by Gasteiger charge is -2.10. The lowest BCUT2D eigenvalue weighted by atomic mass is 10.1. The highest BCUT2D eigenvalue weighted by molar-refractivity contribution is 7.99. The Morgan fingerprint density at radius 2 is 1.86 bits per heavy atom. The molecule has 0 amide bonds. The van der Waals surface area contributed by atoms with Crippen molar-refractivity contribution in [2.24, 2.45) is 0 Å². The van der Waals surface area contributed by atoms with Gasteiger partial charge >= 0.3 is 0 Å². The molecule has 2 heterocycles. The van der Waals surface area contributed by atoms with Crippen LogP contribution in [0.1, 0.15) is 23.7 Å². The van der Waals surface area contributed by atoms with Crippen LogP contribution < -0.4 is 5.56 Å². The van der Waals surface area contributed by atoms with Gasteiger partial charge in [0.2, 0.25) is 5.78 Å². The molecule has 8 heteroatoms. The van der Waals surface area contributed by atoms with Crippen molar-refractivity contribution in [3.63, 3.8) is 0 Å². The number of para-hydroxylation sites is 1. The Labute approximate surface area is 164 Å². The largest absolute Gasteiger partial charge is 0.508 e. The van der Waals surface area contributed by atoms with E-state index < -0.39 is 0 Å². The van der Waals surface area contributed by atoms with E-state index in [9.17, 15) is 14.7 Å². The predicted molar refractivity (Wildman–Crippen MR) is 108 cm³/mol. The molecule has 0 aliphatic rings. The number of hydrogen-bond donors (Lipinski definition) is 1. The number of fused-ring (bicyclic) bond motifs is 3. The summed E-state index contributed by atoms with van der Waals surface area (Å²) in [7, 11) is 0. The molecule has 7 nitrogen and oxygen atoms in total. The fraction of sp³-hybridized carbons (Fsp3) is 0.200. The number of rotatable bonds is 6. The number of benzene rings is 2. The predicted octanol–water partition coefficient (Wildman–Crippen LogP) is 3.13. The molecular weight excluding hydrogens is 376 g/mol. The van der Waals surface area contributed by atoms with Gasteiger partial charge in [0, 0.05) is 12.1 Å². The molecule has 4 rings (SSSR count). The van der Waals surface area contributed by atoms with E-state index in [0.717, 1.165) is 11.9 Å². The van der Waals surface area contributed by atoms with E-state index >= 15 is 0 Å². The van der Waals surface area contributed by atoms with Crippen molar-refractivity contribution in [2.75, 3.05) is 5.75 Å². The summed E-state index contributed by atoms with van der Waals surface area (Å²) in [5, 5.41) is 19.0. The topological polar surface area (TPSA) is 89.5 Å². The Morgan fingerprint density at radius 3 is 2.61 bits per heavy atom. The Bertz CT molecular complexity index is 1230. The Kier molecular flexibility index (Phi) is 4.87. The van der Waals surface area contributed by atoms with Gasteiger partial charge in [-0.05, 0) is 42.8 Å². The third-order valence-corrected chi connectivity index (χ3v) is 5.38. The van der Waals surface area contributed by atoms with Crippen molar-refractivity contribution in [1.82, 2.24) is 19.2 Å². The standard InChI is InChI=1S/C20H18N4O3S/c1-2-11-23-18(27)15-5-3-4-6-16(15)24-19(23)21-22-20(24)28-12-17(26)13-7-9-14(25)10-8-13/h3-10,25H,2,11-12H2,1H3. The molecule has 142 valence electrons. The fourth-order valence-electron chi connectivity index (χ4n) is 3.11. The third kappa shape index (κ3) is 3.16. The van der Waals surface area contributed by atoms with Crippen LogP contribution in [0.4, 0.5) is 0 Å². The summed E-state index contributed by atoms with van der Waals surface area (Å²) in [6.07, 6.45) is 0.794. The maximum Gasteiger partial charge on any atom is 0.262 e. The summed E-state index contributed by atoms with van der Waals surface area (Å²) < 4.78 is 3.46. The first kappa shape index (κ1) is 18.2. The van der Waals surface area contributed by atoms with Gasteiger partial charge < -0.3 is 5.11 Å². The van der Waals surface area contributed by atoms with Gasteiger partial charge in [0.25, 0.3) is 5.56 Å². The first-order valence-electron chi connectivity index (χ1n) is 8.92. The molecule has 0 saturated heterocycles. The maximum atomic E-state index is 12.8. The second-order valence-electron chi connectivity index (χ2n) is 6.35. The quantitative estimate of drug-likeness (QED) is 0.399. The molecule has 0 aliphatic heterocycles. The number of carbonyl (C=O) groups is 1. The van der Waals surface area contributed by atoms with E-state index in [1.54, 1.807) is 22.8 Å². The molecule has 0 fully saturated rings. The number of Topliss-reactive ketones (excluding diaryl/α,β-unsaturated/α-hetero) is 1. The van der Waals surface area contributed by atoms with Crippen LogP contribution >= 0.6 is 11.8 Å². The van der Waals surface area contributed by atoms with E-state index in [4.69, 9.17) is 0 Å². The summed E-state index contributed by atoms with van der Waals surface area (Å²) in [4.78, 5) is 25.3. The van der Waals surface area contributed by atoms with Crippen molar-refractivity contribution in [1.29, 1.82) is 0 Å². The number of thioether (sulfide) groups is 1. The number of aromatic hydroxyl groups is 1. The number of carbonyl (C=O) groups excluding carboxylic acids is 1. The lowest BCUT2D eigenvalue weighted by molar-refractivity contribution is 0.102. The molecule has 0 atom stereocenters. The molecule has 0 unspecified atom stereocenters. The number of phenolic OH excluding ortho intramolecular Hbond substituents is 1. The SMILES string of the molecule is CCCn1c(=O)c2ccccc2n2c(SCC(=O)c3ccc(O)cc3)nnc12. The normalized spacial score (nSPS) is 11.3. The minimum Gasteiger partial charge on any atom is -0.508 e. The highest BCUT2D eigenvalue weighted by Gasteiger charge is 2.17. The average molecular weight is 394 g/mol. The van der Waals surface area contributed by atoms with Crippen molar-refractivity contribution < 1.29 is 9.90 Å². The first-order valence-corrected chi connectivity index (χ1v) is 9.90. The van der Waals surface area contributed by atoms with Gasteiger partial charge in [0.1, 0.15) is 5.75 Å². The number of nitrogens with zero attached hydrogens (tertiary/aromatic N) is 4. The molecule has 28 heavy (non-hydrogen) atoms. The van der Waals surface area contributed by atoms with Crippen LogP contribution in [0.3, 0.4) is 0 Å². The zero-order valence-corrected chi connectivity index (χ0v) is 16.0. The summed E-state index contributed by atoms with van der Waals surface area (Å²) in [5.74, 6) is 0.693.